The third-order valence-electron chi connectivity index (χ3n) is 4.96. The number of hydrogen-bond donors (Lipinski definition) is 2. The lowest BCUT2D eigenvalue weighted by molar-refractivity contribution is -0.116. The molecule has 3 heterocycles. The first-order valence-electron chi connectivity index (χ1n) is 10.5. The number of carbonyl (C=O) groups excluding carboxylic acids is 2. The first-order valence-corrected chi connectivity index (χ1v) is 10.5. The third-order valence-corrected chi connectivity index (χ3v) is 4.96. The molecule has 0 bridgehead atoms. The minimum absolute atomic E-state index is 0.123. The summed E-state index contributed by atoms with van der Waals surface area (Å²) in [7, 11) is 1.58. The zero-order chi connectivity index (χ0) is 25.5. The second-order valence-electron chi connectivity index (χ2n) is 7.61. The van der Waals surface area contributed by atoms with E-state index in [0.29, 0.717) is 28.2 Å². The van der Waals surface area contributed by atoms with Crippen LogP contribution in [0.4, 0.5) is 20.7 Å². The molecule has 0 fully saturated rings. The Labute approximate surface area is 200 Å². The molecule has 0 aliphatic heterocycles. The van der Waals surface area contributed by atoms with Crippen molar-refractivity contribution in [2.75, 3.05) is 10.6 Å². The van der Waals surface area contributed by atoms with Crippen LogP contribution in [-0.4, -0.2) is 37.0 Å². The summed E-state index contributed by atoms with van der Waals surface area (Å²) in [6.45, 7) is 6.84. The highest BCUT2D eigenvalue weighted by molar-refractivity contribution is 5.91. The number of anilines is 2. The van der Waals surface area contributed by atoms with Gasteiger partial charge in [-0.05, 0) is 38.5 Å². The van der Waals surface area contributed by atoms with Crippen molar-refractivity contribution in [1.29, 1.82) is 5.26 Å². The number of pyridine rings is 2. The number of nitrogens with one attached hydrogen (secondary N) is 2. The van der Waals surface area contributed by atoms with E-state index in [1.54, 1.807) is 33.0 Å². The van der Waals surface area contributed by atoms with Gasteiger partial charge in [-0.25, -0.2) is 13.9 Å². The van der Waals surface area contributed by atoms with Crippen molar-refractivity contribution in [3.63, 3.8) is 0 Å². The number of rotatable bonds is 8. The molecule has 0 spiro atoms. The average Bonchev–Trinajstić information content (AvgIpc) is 3.19. The van der Waals surface area contributed by atoms with Gasteiger partial charge in [-0.15, -0.1) is 5.10 Å². The summed E-state index contributed by atoms with van der Waals surface area (Å²) in [5.41, 5.74) is 2.44. The first-order chi connectivity index (χ1) is 16.7. The van der Waals surface area contributed by atoms with Crippen molar-refractivity contribution in [3.05, 3.63) is 59.8 Å². The maximum atomic E-state index is 13.5. The van der Waals surface area contributed by atoms with E-state index in [4.69, 9.17) is 10.00 Å². The van der Waals surface area contributed by atoms with Gasteiger partial charge in [-0.2, -0.15) is 5.26 Å². The van der Waals surface area contributed by atoms with Gasteiger partial charge < -0.3 is 10.1 Å². The van der Waals surface area contributed by atoms with Crippen LogP contribution >= 0.6 is 0 Å². The molecular formula is C23H23FN8O3. The Balaban J connectivity index is 1.67. The van der Waals surface area contributed by atoms with E-state index < -0.39 is 18.0 Å². The SMILES string of the molecule is C=C(C#N)CCC(=O)Nc1ccc(-c2nnn(C)c2NC(=O)O[C@H](C)c2cc(F)cnc2C)nc1. The summed E-state index contributed by atoms with van der Waals surface area (Å²) in [5.74, 6) is -0.577. The molecule has 2 N–H and O–H groups in total. The van der Waals surface area contributed by atoms with Crippen molar-refractivity contribution in [1.82, 2.24) is 25.0 Å². The van der Waals surface area contributed by atoms with Gasteiger partial charge in [0.25, 0.3) is 0 Å². The Hall–Kier alpha value is -4.66. The van der Waals surface area contributed by atoms with Gasteiger partial charge in [-0.3, -0.25) is 20.1 Å². The molecule has 0 saturated carbocycles. The fourth-order valence-corrected chi connectivity index (χ4v) is 3.11. The molecule has 180 valence electrons. The number of nitriles is 1. The number of allylic oxidation sites excluding steroid dienone is 1. The molecule has 1 atom stereocenters. The summed E-state index contributed by atoms with van der Waals surface area (Å²) in [6.07, 6.45) is 1.37. The van der Waals surface area contributed by atoms with Gasteiger partial charge in [0.1, 0.15) is 11.9 Å². The number of aryl methyl sites for hydroxylation is 2. The van der Waals surface area contributed by atoms with Gasteiger partial charge in [0.05, 0.1) is 29.8 Å². The fraction of sp³-hybridized carbons (Fsp3) is 0.261. The van der Waals surface area contributed by atoms with Gasteiger partial charge in [0, 0.05) is 30.3 Å². The average molecular weight is 478 g/mol. The van der Waals surface area contributed by atoms with E-state index in [2.05, 4.69) is 37.5 Å². The third kappa shape index (κ3) is 6.44. The van der Waals surface area contributed by atoms with Gasteiger partial charge in [-0.1, -0.05) is 11.8 Å². The normalized spacial score (nSPS) is 11.3. The number of hydrogen-bond acceptors (Lipinski definition) is 8. The van der Waals surface area contributed by atoms with E-state index in [1.807, 2.05) is 6.07 Å². The highest BCUT2D eigenvalue weighted by atomic mass is 19.1. The Kier molecular flexibility index (Phi) is 7.83. The number of amides is 2. The number of nitrogens with zero attached hydrogens (tertiary/aromatic N) is 6. The molecule has 3 aromatic heterocycles. The number of halogens is 1. The van der Waals surface area contributed by atoms with Gasteiger partial charge in [0.2, 0.25) is 5.91 Å². The zero-order valence-electron chi connectivity index (χ0n) is 19.4. The molecule has 12 heteroatoms. The molecule has 0 aliphatic carbocycles. The molecule has 0 radical (unpaired) electrons. The van der Waals surface area contributed by atoms with Crippen molar-refractivity contribution < 1.29 is 18.7 Å². The zero-order valence-corrected chi connectivity index (χ0v) is 19.4. The lowest BCUT2D eigenvalue weighted by Gasteiger charge is -2.16. The van der Waals surface area contributed by atoms with E-state index in [-0.39, 0.29) is 30.3 Å². The predicted octanol–water partition coefficient (Wildman–Crippen LogP) is 3.83. The molecule has 0 saturated heterocycles. The van der Waals surface area contributed by atoms with Crippen molar-refractivity contribution in [2.45, 2.75) is 32.8 Å². The Bertz CT molecular complexity index is 1300. The highest BCUT2D eigenvalue weighted by Gasteiger charge is 2.20. The molecule has 2 amide bonds. The van der Waals surface area contributed by atoms with E-state index in [9.17, 15) is 14.0 Å². The number of ether oxygens (including phenoxy) is 1. The minimum atomic E-state index is -0.796. The molecule has 0 aliphatic rings. The largest absolute Gasteiger partial charge is 0.441 e. The van der Waals surface area contributed by atoms with Gasteiger partial charge >= 0.3 is 6.09 Å². The van der Waals surface area contributed by atoms with Crippen LogP contribution in [0.1, 0.15) is 37.1 Å². The van der Waals surface area contributed by atoms with E-state index >= 15 is 0 Å². The predicted molar refractivity (Wildman–Crippen MR) is 124 cm³/mol. The molecule has 35 heavy (non-hydrogen) atoms. The lowest BCUT2D eigenvalue weighted by atomic mass is 10.1. The van der Waals surface area contributed by atoms with Crippen LogP contribution in [0.2, 0.25) is 0 Å². The summed E-state index contributed by atoms with van der Waals surface area (Å²) in [4.78, 5) is 32.7. The first kappa shape index (κ1) is 25.0. The van der Waals surface area contributed by atoms with Crippen LogP contribution in [0, 0.1) is 24.1 Å². The molecule has 3 rings (SSSR count). The molecule has 11 nitrogen and oxygen atoms in total. The number of carbonyl (C=O) groups is 2. The summed E-state index contributed by atoms with van der Waals surface area (Å²) in [6, 6.07) is 6.39. The Morgan fingerprint density at radius 3 is 2.71 bits per heavy atom. The van der Waals surface area contributed by atoms with Crippen LogP contribution in [0.25, 0.3) is 11.4 Å². The summed E-state index contributed by atoms with van der Waals surface area (Å²) in [5, 5.41) is 22.0. The quantitative estimate of drug-likeness (QED) is 0.464. The van der Waals surface area contributed by atoms with Gasteiger partial charge in [0.15, 0.2) is 11.5 Å². The summed E-state index contributed by atoms with van der Waals surface area (Å²) >= 11 is 0. The topological polar surface area (TPSA) is 148 Å². The van der Waals surface area contributed by atoms with Crippen LogP contribution in [0.5, 0.6) is 0 Å². The standard InChI is InChI=1S/C23H23FN8O3/c1-13(10-25)5-8-20(33)28-17-6-7-19(27-12-17)21-22(32(4)31-30-21)29-23(34)35-15(3)18-9-16(24)11-26-14(18)2/h6-7,9,11-12,15H,1,5,8H2,2-4H3,(H,28,33)(H,29,34)/t15-/m1/s1. The smallest absolute Gasteiger partial charge is 0.413 e. The molecule has 0 aromatic carbocycles. The van der Waals surface area contributed by atoms with Crippen molar-refractivity contribution >= 4 is 23.5 Å². The second-order valence-corrected chi connectivity index (χ2v) is 7.61. The maximum absolute atomic E-state index is 13.5. The van der Waals surface area contributed by atoms with Crippen LogP contribution in [0.15, 0.2) is 42.7 Å². The molecular weight excluding hydrogens is 455 g/mol. The maximum Gasteiger partial charge on any atom is 0.413 e. The Morgan fingerprint density at radius 2 is 2.03 bits per heavy atom. The Morgan fingerprint density at radius 1 is 1.26 bits per heavy atom. The number of aromatic nitrogens is 5. The van der Waals surface area contributed by atoms with Crippen molar-refractivity contribution in [2.24, 2.45) is 7.05 Å². The van der Waals surface area contributed by atoms with E-state index in [0.717, 1.165) is 6.20 Å². The monoisotopic (exact) mass is 478 g/mol. The lowest BCUT2D eigenvalue weighted by Crippen LogP contribution is -2.19. The summed E-state index contributed by atoms with van der Waals surface area (Å²) < 4.78 is 20.3. The molecule has 3 aromatic rings. The fourth-order valence-electron chi connectivity index (χ4n) is 3.11. The van der Waals surface area contributed by atoms with Crippen LogP contribution in [-0.2, 0) is 16.6 Å². The van der Waals surface area contributed by atoms with Crippen molar-refractivity contribution in [3.8, 4) is 17.5 Å². The molecule has 0 unspecified atom stereocenters. The minimum Gasteiger partial charge on any atom is -0.441 e. The van der Waals surface area contributed by atoms with E-state index in [1.165, 1.54) is 16.9 Å². The van der Waals surface area contributed by atoms with Crippen LogP contribution < -0.4 is 10.6 Å². The second kappa shape index (κ2) is 11.0. The van der Waals surface area contributed by atoms with Crippen LogP contribution in [0.3, 0.4) is 0 Å². The highest BCUT2D eigenvalue weighted by Crippen LogP contribution is 2.26.